The summed E-state index contributed by atoms with van der Waals surface area (Å²) in [6.45, 7) is 0.794. The molecule has 1 aliphatic carbocycles. The Labute approximate surface area is 119 Å². The molecule has 0 spiro atoms. The number of nitrogens with zero attached hydrogens (tertiary/aromatic N) is 2. The number of hydrogen-bond donors (Lipinski definition) is 1. The summed E-state index contributed by atoms with van der Waals surface area (Å²) >= 11 is 5.11. The minimum Gasteiger partial charge on any atom is -0.327 e. The summed E-state index contributed by atoms with van der Waals surface area (Å²) in [5.41, 5.74) is 7.13. The monoisotopic (exact) mass is 329 g/mol. The highest BCUT2D eigenvalue weighted by atomic mass is 79.9. The summed E-state index contributed by atoms with van der Waals surface area (Å²) in [6.07, 6.45) is 3.51. The summed E-state index contributed by atoms with van der Waals surface area (Å²) < 4.78 is 0. The lowest BCUT2D eigenvalue weighted by Gasteiger charge is -2.15. The molecule has 1 aromatic heterocycles. The van der Waals surface area contributed by atoms with Crippen LogP contribution >= 0.6 is 27.3 Å². The third-order valence-corrected chi connectivity index (χ3v) is 5.68. The SMILES string of the molecule is N[C@H]1CCc2nc(N3CC(CBr)CC3=O)sc2C1. The molecular weight excluding hydrogens is 314 g/mol. The Balaban J connectivity index is 1.83. The first kappa shape index (κ1) is 12.6. The van der Waals surface area contributed by atoms with Gasteiger partial charge in [-0.25, -0.2) is 4.98 Å². The van der Waals surface area contributed by atoms with E-state index in [1.165, 1.54) is 4.88 Å². The van der Waals surface area contributed by atoms with Crippen LogP contribution in [0, 0.1) is 5.92 Å². The third kappa shape index (κ3) is 2.21. The molecule has 2 atom stereocenters. The molecule has 18 heavy (non-hydrogen) atoms. The largest absolute Gasteiger partial charge is 0.327 e. The predicted molar refractivity (Wildman–Crippen MR) is 76.4 cm³/mol. The predicted octanol–water partition coefficient (Wildman–Crippen LogP) is 1.71. The smallest absolute Gasteiger partial charge is 0.229 e. The summed E-state index contributed by atoms with van der Waals surface area (Å²) in [4.78, 5) is 19.7. The molecule has 4 nitrogen and oxygen atoms in total. The van der Waals surface area contributed by atoms with Crippen molar-refractivity contribution in [3.8, 4) is 0 Å². The van der Waals surface area contributed by atoms with E-state index in [1.54, 1.807) is 11.3 Å². The van der Waals surface area contributed by atoms with Gasteiger partial charge in [0.1, 0.15) is 0 Å². The maximum absolute atomic E-state index is 12.0. The number of aromatic nitrogens is 1. The van der Waals surface area contributed by atoms with Crippen LogP contribution in [0.4, 0.5) is 5.13 Å². The molecule has 98 valence electrons. The molecule has 2 N–H and O–H groups in total. The van der Waals surface area contributed by atoms with Gasteiger partial charge in [-0.2, -0.15) is 0 Å². The first-order chi connectivity index (χ1) is 8.67. The Morgan fingerprint density at radius 2 is 2.33 bits per heavy atom. The number of nitrogens with two attached hydrogens (primary N) is 1. The van der Waals surface area contributed by atoms with Gasteiger partial charge in [-0.1, -0.05) is 15.9 Å². The van der Waals surface area contributed by atoms with Crippen LogP contribution < -0.4 is 10.6 Å². The van der Waals surface area contributed by atoms with E-state index in [0.717, 1.165) is 42.0 Å². The number of thiazole rings is 1. The number of fused-ring (bicyclic) bond motifs is 1. The Hall–Kier alpha value is -0.460. The van der Waals surface area contributed by atoms with E-state index in [2.05, 4.69) is 20.9 Å². The molecule has 0 bridgehead atoms. The lowest BCUT2D eigenvalue weighted by Crippen LogP contribution is -2.27. The van der Waals surface area contributed by atoms with Crippen molar-refractivity contribution in [2.75, 3.05) is 16.8 Å². The zero-order valence-corrected chi connectivity index (χ0v) is 12.5. The molecule has 1 fully saturated rings. The van der Waals surface area contributed by atoms with Gasteiger partial charge in [-0.3, -0.25) is 9.69 Å². The van der Waals surface area contributed by atoms with E-state index in [4.69, 9.17) is 5.73 Å². The molecule has 1 amide bonds. The first-order valence-electron chi connectivity index (χ1n) is 6.28. The van der Waals surface area contributed by atoms with E-state index < -0.39 is 0 Å². The number of carbonyl (C=O) groups excluding carboxylic acids is 1. The van der Waals surface area contributed by atoms with Crippen LogP contribution in [0.3, 0.4) is 0 Å². The quantitative estimate of drug-likeness (QED) is 0.840. The van der Waals surface area contributed by atoms with Crippen molar-refractivity contribution in [1.29, 1.82) is 0 Å². The van der Waals surface area contributed by atoms with Crippen LogP contribution in [0.15, 0.2) is 0 Å². The van der Waals surface area contributed by atoms with E-state index in [1.807, 2.05) is 4.90 Å². The minimum atomic E-state index is 0.204. The zero-order valence-electron chi connectivity index (χ0n) is 10.1. The topological polar surface area (TPSA) is 59.2 Å². The van der Waals surface area contributed by atoms with Crippen molar-refractivity contribution in [2.45, 2.75) is 31.7 Å². The van der Waals surface area contributed by atoms with Gasteiger partial charge in [-0.15, -0.1) is 11.3 Å². The van der Waals surface area contributed by atoms with Crippen molar-refractivity contribution in [3.05, 3.63) is 10.6 Å². The van der Waals surface area contributed by atoms with Crippen molar-refractivity contribution in [1.82, 2.24) is 4.98 Å². The van der Waals surface area contributed by atoms with Crippen LogP contribution in [-0.4, -0.2) is 28.8 Å². The van der Waals surface area contributed by atoms with Crippen LogP contribution in [0.1, 0.15) is 23.4 Å². The fourth-order valence-electron chi connectivity index (χ4n) is 2.57. The molecule has 0 aromatic carbocycles. The number of amides is 1. The second-order valence-corrected chi connectivity index (χ2v) is 6.81. The molecule has 1 unspecified atom stereocenters. The number of carbonyl (C=O) groups is 1. The third-order valence-electron chi connectivity index (χ3n) is 3.62. The highest BCUT2D eigenvalue weighted by Gasteiger charge is 2.33. The number of aryl methyl sites for hydroxylation is 1. The molecule has 1 saturated heterocycles. The van der Waals surface area contributed by atoms with Crippen LogP contribution in [-0.2, 0) is 17.6 Å². The van der Waals surface area contributed by atoms with Gasteiger partial charge in [0, 0.05) is 29.2 Å². The van der Waals surface area contributed by atoms with Gasteiger partial charge in [-0.05, 0) is 25.2 Å². The number of rotatable bonds is 2. The minimum absolute atomic E-state index is 0.204. The molecule has 6 heteroatoms. The van der Waals surface area contributed by atoms with Crippen molar-refractivity contribution in [3.63, 3.8) is 0 Å². The molecule has 1 aliphatic heterocycles. The van der Waals surface area contributed by atoms with Gasteiger partial charge >= 0.3 is 0 Å². The lowest BCUT2D eigenvalue weighted by molar-refractivity contribution is -0.117. The summed E-state index contributed by atoms with van der Waals surface area (Å²) in [5, 5.41) is 1.76. The van der Waals surface area contributed by atoms with E-state index >= 15 is 0 Å². The van der Waals surface area contributed by atoms with Crippen LogP contribution in [0.25, 0.3) is 0 Å². The van der Waals surface area contributed by atoms with Gasteiger partial charge < -0.3 is 5.73 Å². The Morgan fingerprint density at radius 1 is 1.50 bits per heavy atom. The highest BCUT2D eigenvalue weighted by molar-refractivity contribution is 9.09. The molecule has 2 aliphatic rings. The average Bonchev–Trinajstić information content (AvgIpc) is 2.91. The second-order valence-electron chi connectivity index (χ2n) is 5.10. The second kappa shape index (κ2) is 4.90. The zero-order chi connectivity index (χ0) is 12.7. The summed E-state index contributed by atoms with van der Waals surface area (Å²) in [6, 6.07) is 0.260. The van der Waals surface area contributed by atoms with Crippen molar-refractivity contribution < 1.29 is 4.79 Å². The van der Waals surface area contributed by atoms with E-state index in [-0.39, 0.29) is 11.9 Å². The molecule has 0 saturated carbocycles. The maximum Gasteiger partial charge on any atom is 0.229 e. The fourth-order valence-corrected chi connectivity index (χ4v) is 4.23. The normalized spacial score (nSPS) is 27.7. The van der Waals surface area contributed by atoms with Crippen molar-refractivity contribution >= 4 is 38.3 Å². The fraction of sp³-hybridized carbons (Fsp3) is 0.667. The van der Waals surface area contributed by atoms with Gasteiger partial charge in [0.25, 0.3) is 0 Å². The standard InChI is InChI=1S/C12H16BrN3OS/c13-5-7-3-11(17)16(6-7)12-15-9-2-1-8(14)4-10(9)18-12/h7-8H,1-6,14H2/t7?,8-/m0/s1. The molecule has 0 radical (unpaired) electrons. The number of halogens is 1. The molecule has 3 rings (SSSR count). The first-order valence-corrected chi connectivity index (χ1v) is 8.21. The van der Waals surface area contributed by atoms with E-state index in [0.29, 0.717) is 12.3 Å². The van der Waals surface area contributed by atoms with Crippen LogP contribution in [0.2, 0.25) is 0 Å². The summed E-state index contributed by atoms with van der Waals surface area (Å²) in [7, 11) is 0. The Kier molecular flexibility index (Phi) is 3.42. The van der Waals surface area contributed by atoms with Gasteiger partial charge in [0.15, 0.2) is 5.13 Å². The number of alkyl halides is 1. The highest BCUT2D eigenvalue weighted by Crippen LogP contribution is 2.34. The van der Waals surface area contributed by atoms with Crippen LogP contribution in [0.5, 0.6) is 0 Å². The molecular formula is C12H16BrN3OS. The van der Waals surface area contributed by atoms with E-state index in [9.17, 15) is 4.79 Å². The molecule has 1 aromatic rings. The number of hydrogen-bond acceptors (Lipinski definition) is 4. The average molecular weight is 330 g/mol. The van der Waals surface area contributed by atoms with Gasteiger partial charge in [0.05, 0.1) is 5.69 Å². The maximum atomic E-state index is 12.0. The summed E-state index contributed by atoms with van der Waals surface area (Å²) in [5.74, 6) is 0.621. The Bertz CT molecular complexity index is 476. The van der Waals surface area contributed by atoms with Gasteiger partial charge in [0.2, 0.25) is 5.91 Å². The number of anilines is 1. The lowest BCUT2D eigenvalue weighted by atomic mass is 9.99. The van der Waals surface area contributed by atoms with Crippen molar-refractivity contribution in [2.24, 2.45) is 11.7 Å². The molecule has 2 heterocycles. The Morgan fingerprint density at radius 3 is 3.06 bits per heavy atom.